The average molecular weight is 321 g/mol. The maximum absolute atomic E-state index is 5.82. The molecule has 0 spiro atoms. The van der Waals surface area contributed by atoms with E-state index >= 15 is 0 Å². The molecule has 0 atom stereocenters. The second kappa shape index (κ2) is 7.99. The van der Waals surface area contributed by atoms with Crippen LogP contribution in [0.25, 0.3) is 22.3 Å². The normalized spacial score (nSPS) is 10.7. The molecule has 0 N–H and O–H groups in total. The molecule has 0 radical (unpaired) electrons. The summed E-state index contributed by atoms with van der Waals surface area (Å²) < 4.78 is 0. The van der Waals surface area contributed by atoms with Crippen molar-refractivity contribution in [3.05, 3.63) is 84.4 Å². The molecule has 0 nitrogen and oxygen atoms in total. The number of benzene rings is 3. The van der Waals surface area contributed by atoms with E-state index in [2.05, 4.69) is 78.9 Å². The summed E-state index contributed by atoms with van der Waals surface area (Å²) >= 11 is 5.82. The zero-order valence-electron chi connectivity index (χ0n) is 13.2. The summed E-state index contributed by atoms with van der Waals surface area (Å²) in [6.07, 6.45) is 3.28. The van der Waals surface area contributed by atoms with E-state index in [0.717, 1.165) is 25.1 Å². The molecule has 0 aliphatic rings. The number of hydrogen-bond acceptors (Lipinski definition) is 0. The van der Waals surface area contributed by atoms with Crippen molar-refractivity contribution in [3.63, 3.8) is 0 Å². The van der Waals surface area contributed by atoms with Crippen molar-refractivity contribution < 1.29 is 0 Å². The van der Waals surface area contributed by atoms with Crippen LogP contribution in [0.4, 0.5) is 0 Å². The molecule has 0 unspecified atom stereocenters. The van der Waals surface area contributed by atoms with Gasteiger partial charge in [-0.3, -0.25) is 0 Å². The fourth-order valence-corrected chi connectivity index (χ4v) is 3.04. The van der Waals surface area contributed by atoms with E-state index in [0.29, 0.717) is 0 Å². The zero-order chi connectivity index (χ0) is 15.9. The van der Waals surface area contributed by atoms with Crippen molar-refractivity contribution in [2.24, 2.45) is 0 Å². The Bertz CT molecular complexity index is 675. The van der Waals surface area contributed by atoms with E-state index in [9.17, 15) is 0 Å². The van der Waals surface area contributed by atoms with Gasteiger partial charge in [0, 0.05) is 5.88 Å². The highest BCUT2D eigenvalue weighted by Gasteiger charge is 2.05. The van der Waals surface area contributed by atoms with Crippen LogP contribution in [0.3, 0.4) is 0 Å². The van der Waals surface area contributed by atoms with Crippen molar-refractivity contribution >= 4 is 11.6 Å². The summed E-state index contributed by atoms with van der Waals surface area (Å²) in [6.45, 7) is 0. The molecule has 0 bridgehead atoms. The van der Waals surface area contributed by atoms with Crippen LogP contribution in [0.2, 0.25) is 0 Å². The first-order valence-corrected chi connectivity index (χ1v) is 8.71. The Morgan fingerprint density at radius 2 is 1.09 bits per heavy atom. The molecular weight excluding hydrogens is 300 g/mol. The first-order valence-electron chi connectivity index (χ1n) is 8.17. The fraction of sp³-hybridized carbons (Fsp3) is 0.182. The highest BCUT2D eigenvalue weighted by atomic mass is 35.5. The second-order valence-corrected chi connectivity index (χ2v) is 6.17. The van der Waals surface area contributed by atoms with Crippen LogP contribution in [0.1, 0.15) is 18.4 Å². The summed E-state index contributed by atoms with van der Waals surface area (Å²) in [4.78, 5) is 0. The molecule has 0 saturated heterocycles. The van der Waals surface area contributed by atoms with Gasteiger partial charge in [0.05, 0.1) is 0 Å². The smallest absolute Gasteiger partial charge is 0.0223 e. The van der Waals surface area contributed by atoms with Gasteiger partial charge in [0.15, 0.2) is 0 Å². The minimum atomic E-state index is 0.740. The van der Waals surface area contributed by atoms with Gasteiger partial charge in [-0.05, 0) is 53.1 Å². The van der Waals surface area contributed by atoms with Crippen LogP contribution in [0.5, 0.6) is 0 Å². The quantitative estimate of drug-likeness (QED) is 0.355. The van der Waals surface area contributed by atoms with E-state index in [-0.39, 0.29) is 0 Å². The average Bonchev–Trinajstić information content (AvgIpc) is 2.63. The lowest BCUT2D eigenvalue weighted by Crippen LogP contribution is -1.90. The van der Waals surface area contributed by atoms with E-state index < -0.39 is 0 Å². The minimum absolute atomic E-state index is 0.740. The van der Waals surface area contributed by atoms with Gasteiger partial charge in [-0.2, -0.15) is 0 Å². The molecule has 1 heteroatoms. The third kappa shape index (κ3) is 4.24. The fourth-order valence-electron chi connectivity index (χ4n) is 2.85. The first kappa shape index (κ1) is 15.8. The Balaban J connectivity index is 2.00. The summed E-state index contributed by atoms with van der Waals surface area (Å²) in [6, 6.07) is 28.1. The highest BCUT2D eigenvalue weighted by molar-refractivity contribution is 6.17. The van der Waals surface area contributed by atoms with Crippen LogP contribution in [-0.4, -0.2) is 5.88 Å². The third-order valence-electron chi connectivity index (χ3n) is 4.06. The SMILES string of the molecule is ClCCCCc1cc(-c2ccccc2)cc(-c2ccccc2)c1. The Kier molecular flexibility index (Phi) is 5.50. The number of aryl methyl sites for hydroxylation is 1. The van der Waals surface area contributed by atoms with Crippen LogP contribution >= 0.6 is 11.6 Å². The molecule has 0 heterocycles. The van der Waals surface area contributed by atoms with Gasteiger partial charge in [0.1, 0.15) is 0 Å². The summed E-state index contributed by atoms with van der Waals surface area (Å²) in [5, 5.41) is 0. The second-order valence-electron chi connectivity index (χ2n) is 5.80. The standard InChI is InChI=1S/C22H21Cl/c23-14-8-7-9-18-15-21(19-10-3-1-4-11-19)17-22(16-18)20-12-5-2-6-13-20/h1-6,10-13,15-17H,7-9,14H2. The summed E-state index contributed by atoms with van der Waals surface area (Å²) in [5.74, 6) is 0.740. The third-order valence-corrected chi connectivity index (χ3v) is 4.32. The number of halogens is 1. The molecule has 0 aromatic heterocycles. The van der Waals surface area contributed by atoms with Gasteiger partial charge in [-0.1, -0.05) is 72.8 Å². The van der Waals surface area contributed by atoms with Gasteiger partial charge in [-0.15, -0.1) is 11.6 Å². The van der Waals surface area contributed by atoms with Crippen LogP contribution in [0.15, 0.2) is 78.9 Å². The molecular formula is C22H21Cl. The lowest BCUT2D eigenvalue weighted by atomic mass is 9.94. The first-order chi connectivity index (χ1) is 11.4. The van der Waals surface area contributed by atoms with Crippen molar-refractivity contribution in [3.8, 4) is 22.3 Å². The number of alkyl halides is 1. The maximum Gasteiger partial charge on any atom is 0.0223 e. The number of rotatable bonds is 6. The lowest BCUT2D eigenvalue weighted by molar-refractivity contribution is 0.800. The van der Waals surface area contributed by atoms with E-state index in [1.165, 1.54) is 27.8 Å². The van der Waals surface area contributed by atoms with Crippen molar-refractivity contribution in [1.29, 1.82) is 0 Å². The van der Waals surface area contributed by atoms with Gasteiger partial charge >= 0.3 is 0 Å². The maximum atomic E-state index is 5.82. The molecule has 23 heavy (non-hydrogen) atoms. The molecule has 3 rings (SSSR count). The van der Waals surface area contributed by atoms with Crippen molar-refractivity contribution in [2.45, 2.75) is 19.3 Å². The van der Waals surface area contributed by atoms with Gasteiger partial charge in [0.2, 0.25) is 0 Å². The predicted octanol–water partition coefficient (Wildman–Crippen LogP) is 6.58. The van der Waals surface area contributed by atoms with Gasteiger partial charge < -0.3 is 0 Å². The molecule has 3 aromatic rings. The largest absolute Gasteiger partial charge is 0.127 e. The zero-order valence-corrected chi connectivity index (χ0v) is 14.0. The Labute approximate surface area is 143 Å². The molecule has 0 saturated carbocycles. The highest BCUT2D eigenvalue weighted by Crippen LogP contribution is 2.29. The Hall–Kier alpha value is -2.05. The topological polar surface area (TPSA) is 0 Å². The van der Waals surface area contributed by atoms with E-state index in [1.54, 1.807) is 0 Å². The summed E-state index contributed by atoms with van der Waals surface area (Å²) in [7, 11) is 0. The monoisotopic (exact) mass is 320 g/mol. The molecule has 0 amide bonds. The molecule has 0 aliphatic carbocycles. The molecule has 3 aromatic carbocycles. The predicted molar refractivity (Wildman–Crippen MR) is 101 cm³/mol. The molecule has 116 valence electrons. The molecule has 0 fully saturated rings. The van der Waals surface area contributed by atoms with E-state index in [4.69, 9.17) is 11.6 Å². The van der Waals surface area contributed by atoms with E-state index in [1.807, 2.05) is 0 Å². The van der Waals surface area contributed by atoms with Crippen LogP contribution in [0, 0.1) is 0 Å². The van der Waals surface area contributed by atoms with Crippen molar-refractivity contribution in [1.82, 2.24) is 0 Å². The Morgan fingerprint density at radius 3 is 1.57 bits per heavy atom. The summed E-state index contributed by atoms with van der Waals surface area (Å²) in [5.41, 5.74) is 6.49. The van der Waals surface area contributed by atoms with Crippen LogP contribution < -0.4 is 0 Å². The lowest BCUT2D eigenvalue weighted by Gasteiger charge is -2.11. The van der Waals surface area contributed by atoms with Gasteiger partial charge in [0.25, 0.3) is 0 Å². The van der Waals surface area contributed by atoms with Crippen LogP contribution in [-0.2, 0) is 6.42 Å². The van der Waals surface area contributed by atoms with Crippen molar-refractivity contribution in [2.75, 3.05) is 5.88 Å². The Morgan fingerprint density at radius 1 is 0.565 bits per heavy atom. The minimum Gasteiger partial charge on any atom is -0.127 e. The molecule has 0 aliphatic heterocycles. The number of unbranched alkanes of at least 4 members (excludes halogenated alkanes) is 1. The van der Waals surface area contributed by atoms with Gasteiger partial charge in [-0.25, -0.2) is 0 Å². The number of hydrogen-bond donors (Lipinski definition) is 0.